The van der Waals surface area contributed by atoms with Gasteiger partial charge < -0.3 is 16.0 Å². The Bertz CT molecular complexity index is 415. The van der Waals surface area contributed by atoms with Crippen molar-refractivity contribution in [1.82, 2.24) is 10.3 Å². The van der Waals surface area contributed by atoms with Gasteiger partial charge in [0.2, 0.25) is 0 Å². The Hall–Kier alpha value is -1.30. The fraction of sp³-hybridized carbons (Fsp3) is 0.692. The maximum Gasteiger partial charge on any atom is 0.265 e. The molecule has 1 aromatic rings. The molecule has 0 aliphatic heterocycles. The van der Waals surface area contributed by atoms with Crippen LogP contribution in [-0.4, -0.2) is 30.5 Å². The van der Waals surface area contributed by atoms with Gasteiger partial charge in [-0.2, -0.15) is 0 Å². The predicted octanol–water partition coefficient (Wildman–Crippen LogP) is 2.35. The number of anilines is 2. The molecule has 1 rings (SSSR count). The normalized spacial score (nSPS) is 12.2. The quantitative estimate of drug-likeness (QED) is 0.806. The van der Waals surface area contributed by atoms with Gasteiger partial charge in [0, 0.05) is 19.6 Å². The molecule has 1 atom stereocenters. The second kappa shape index (κ2) is 7.33. The van der Waals surface area contributed by atoms with E-state index in [1.54, 1.807) is 0 Å². The first-order chi connectivity index (χ1) is 9.03. The largest absolute Gasteiger partial charge is 0.382 e. The molecular formula is C13H24N4OS. The van der Waals surface area contributed by atoms with Crippen LogP contribution < -0.4 is 16.0 Å². The summed E-state index contributed by atoms with van der Waals surface area (Å²) >= 11 is 1.36. The van der Waals surface area contributed by atoms with E-state index in [1.165, 1.54) is 11.3 Å². The molecule has 0 saturated carbocycles. The topological polar surface area (TPSA) is 71.2 Å². The molecule has 0 aliphatic carbocycles. The molecule has 1 aromatic heterocycles. The number of hydrogen-bond acceptors (Lipinski definition) is 5. The van der Waals surface area contributed by atoms with Crippen molar-refractivity contribution in [3.63, 3.8) is 0 Å². The lowest BCUT2D eigenvalue weighted by Crippen LogP contribution is -2.27. The molecule has 0 aromatic carbocycles. The fourth-order valence-corrected chi connectivity index (χ4v) is 2.63. The van der Waals surface area contributed by atoms with Crippen LogP contribution in [0.4, 0.5) is 10.9 Å². The molecule has 3 N–H and O–H groups in total. The van der Waals surface area contributed by atoms with E-state index in [-0.39, 0.29) is 5.91 Å². The van der Waals surface area contributed by atoms with Gasteiger partial charge >= 0.3 is 0 Å². The van der Waals surface area contributed by atoms with Crippen LogP contribution in [-0.2, 0) is 0 Å². The zero-order valence-corrected chi connectivity index (χ0v) is 13.0. The molecule has 1 unspecified atom stereocenters. The summed E-state index contributed by atoms with van der Waals surface area (Å²) in [6.07, 6.45) is 1.04. The fourth-order valence-electron chi connectivity index (χ4n) is 1.60. The monoisotopic (exact) mass is 284 g/mol. The summed E-state index contributed by atoms with van der Waals surface area (Å²) < 4.78 is 0. The third-order valence-corrected chi connectivity index (χ3v) is 4.32. The van der Waals surface area contributed by atoms with Crippen molar-refractivity contribution in [3.8, 4) is 0 Å². The number of thiazole rings is 1. The number of hydrogen-bond donors (Lipinski definition) is 2. The number of amides is 1. The van der Waals surface area contributed by atoms with E-state index in [1.807, 2.05) is 0 Å². The summed E-state index contributed by atoms with van der Waals surface area (Å²) in [4.78, 5) is 19.0. The Morgan fingerprint density at radius 2 is 2.05 bits per heavy atom. The van der Waals surface area contributed by atoms with Crippen LogP contribution in [0.5, 0.6) is 0 Å². The van der Waals surface area contributed by atoms with Crippen molar-refractivity contribution in [2.24, 2.45) is 5.92 Å². The summed E-state index contributed by atoms with van der Waals surface area (Å²) in [6, 6.07) is 0. The summed E-state index contributed by atoms with van der Waals surface area (Å²) in [5.74, 6) is 0.683. The Labute approximate surface area is 119 Å². The lowest BCUT2D eigenvalue weighted by atomic mass is 10.1. The summed E-state index contributed by atoms with van der Waals surface area (Å²) in [5.41, 5.74) is 5.84. The molecule has 108 valence electrons. The Morgan fingerprint density at radius 3 is 2.58 bits per heavy atom. The first-order valence-corrected chi connectivity index (χ1v) is 7.64. The molecular weight excluding hydrogens is 260 g/mol. The van der Waals surface area contributed by atoms with E-state index in [0.29, 0.717) is 23.2 Å². The summed E-state index contributed by atoms with van der Waals surface area (Å²) in [7, 11) is 0. The number of rotatable bonds is 7. The van der Waals surface area contributed by atoms with Crippen LogP contribution in [0, 0.1) is 5.92 Å². The van der Waals surface area contributed by atoms with E-state index in [0.717, 1.165) is 24.6 Å². The van der Waals surface area contributed by atoms with Crippen molar-refractivity contribution in [2.75, 3.05) is 30.3 Å². The third-order valence-electron chi connectivity index (χ3n) is 3.19. The maximum atomic E-state index is 12.1. The van der Waals surface area contributed by atoms with Crippen LogP contribution in [0.15, 0.2) is 0 Å². The van der Waals surface area contributed by atoms with E-state index >= 15 is 0 Å². The van der Waals surface area contributed by atoms with Crippen molar-refractivity contribution in [2.45, 2.75) is 34.1 Å². The van der Waals surface area contributed by atoms with Crippen molar-refractivity contribution >= 4 is 28.2 Å². The predicted molar refractivity (Wildman–Crippen MR) is 81.9 cm³/mol. The van der Waals surface area contributed by atoms with Crippen LogP contribution >= 0.6 is 11.3 Å². The maximum absolute atomic E-state index is 12.1. The van der Waals surface area contributed by atoms with Gasteiger partial charge in [-0.3, -0.25) is 4.79 Å². The summed E-state index contributed by atoms with van der Waals surface area (Å²) in [5, 5.41) is 3.73. The molecule has 1 heterocycles. The average Bonchev–Trinajstić information content (AvgIpc) is 2.79. The van der Waals surface area contributed by atoms with Gasteiger partial charge in [-0.1, -0.05) is 31.6 Å². The van der Waals surface area contributed by atoms with E-state index in [4.69, 9.17) is 5.73 Å². The highest BCUT2D eigenvalue weighted by molar-refractivity contribution is 7.18. The molecule has 1 amide bonds. The lowest BCUT2D eigenvalue weighted by molar-refractivity contribution is 0.0952. The molecule has 0 aliphatic rings. The van der Waals surface area contributed by atoms with Crippen molar-refractivity contribution in [1.29, 1.82) is 0 Å². The molecule has 0 bridgehead atoms. The van der Waals surface area contributed by atoms with Gasteiger partial charge in [0.1, 0.15) is 10.7 Å². The minimum Gasteiger partial charge on any atom is -0.382 e. The number of nitrogens with zero attached hydrogens (tertiary/aromatic N) is 2. The molecule has 19 heavy (non-hydrogen) atoms. The number of carbonyl (C=O) groups is 1. The molecule has 6 heteroatoms. The number of nitrogens with two attached hydrogens (primary N) is 1. The molecule has 0 spiro atoms. The Morgan fingerprint density at radius 1 is 1.42 bits per heavy atom. The highest BCUT2D eigenvalue weighted by atomic mass is 32.1. The van der Waals surface area contributed by atoms with E-state index < -0.39 is 0 Å². The smallest absolute Gasteiger partial charge is 0.265 e. The first kappa shape index (κ1) is 15.8. The van der Waals surface area contributed by atoms with Crippen LogP contribution in [0.1, 0.15) is 43.8 Å². The number of carbonyl (C=O) groups excluding carboxylic acids is 1. The van der Waals surface area contributed by atoms with Gasteiger partial charge in [-0.25, -0.2) is 4.98 Å². The van der Waals surface area contributed by atoms with Crippen LogP contribution in [0.2, 0.25) is 0 Å². The highest BCUT2D eigenvalue weighted by Gasteiger charge is 2.18. The minimum atomic E-state index is -0.117. The number of nitrogen functional groups attached to an aromatic ring is 1. The Kier molecular flexibility index (Phi) is 6.08. The van der Waals surface area contributed by atoms with Gasteiger partial charge in [-0.15, -0.1) is 0 Å². The lowest BCUT2D eigenvalue weighted by Gasteiger charge is -2.16. The Balaban J connectivity index is 2.75. The van der Waals surface area contributed by atoms with Gasteiger partial charge in [0.25, 0.3) is 5.91 Å². The number of aromatic nitrogens is 1. The zero-order valence-electron chi connectivity index (χ0n) is 12.2. The van der Waals surface area contributed by atoms with Gasteiger partial charge in [-0.05, 0) is 19.8 Å². The highest BCUT2D eigenvalue weighted by Crippen LogP contribution is 2.27. The van der Waals surface area contributed by atoms with Gasteiger partial charge in [0.05, 0.1) is 0 Å². The van der Waals surface area contributed by atoms with Crippen LogP contribution in [0.3, 0.4) is 0 Å². The van der Waals surface area contributed by atoms with E-state index in [9.17, 15) is 4.79 Å². The second-order valence-electron chi connectivity index (χ2n) is 4.61. The van der Waals surface area contributed by atoms with Gasteiger partial charge in [0.15, 0.2) is 5.13 Å². The van der Waals surface area contributed by atoms with Crippen molar-refractivity contribution < 1.29 is 4.79 Å². The second-order valence-corrected chi connectivity index (χ2v) is 5.58. The van der Waals surface area contributed by atoms with E-state index in [2.05, 4.69) is 42.9 Å². The first-order valence-electron chi connectivity index (χ1n) is 6.82. The van der Waals surface area contributed by atoms with Crippen LogP contribution in [0.25, 0.3) is 0 Å². The van der Waals surface area contributed by atoms with Crippen molar-refractivity contribution in [3.05, 3.63) is 4.88 Å². The molecule has 0 radical (unpaired) electrons. The third kappa shape index (κ3) is 4.09. The minimum absolute atomic E-state index is 0.117. The zero-order chi connectivity index (χ0) is 14.4. The molecule has 0 saturated heterocycles. The molecule has 5 nitrogen and oxygen atoms in total. The standard InChI is InChI=1S/C13H24N4OS/c1-5-9(4)8-15-12(18)10-11(14)16-13(19-10)17(6-2)7-3/h9H,5-8,14H2,1-4H3,(H,15,18). The SMILES string of the molecule is CCC(C)CNC(=O)c1sc(N(CC)CC)nc1N. The average molecular weight is 284 g/mol. The molecule has 0 fully saturated rings. The number of nitrogens with one attached hydrogen (secondary N) is 1. The summed E-state index contributed by atoms with van der Waals surface area (Å²) in [6.45, 7) is 10.7.